The molecule has 1 fully saturated rings. The van der Waals surface area contributed by atoms with Gasteiger partial charge in [0.25, 0.3) is 0 Å². The van der Waals surface area contributed by atoms with Crippen molar-refractivity contribution in [1.82, 2.24) is 0 Å². The summed E-state index contributed by atoms with van der Waals surface area (Å²) >= 11 is 0. The third-order valence-corrected chi connectivity index (χ3v) is 3.75. The highest BCUT2D eigenvalue weighted by atomic mass is 16.5. The summed E-state index contributed by atoms with van der Waals surface area (Å²) < 4.78 is 10.5. The van der Waals surface area contributed by atoms with Gasteiger partial charge in [-0.2, -0.15) is 0 Å². The zero-order valence-corrected chi connectivity index (χ0v) is 9.29. The van der Waals surface area contributed by atoms with Crippen LogP contribution in [0.5, 0.6) is 11.5 Å². The third-order valence-electron chi connectivity index (χ3n) is 3.75. The maximum Gasteiger partial charge on any atom is 0.322 e. The highest BCUT2D eigenvalue weighted by Gasteiger charge is 2.50. The van der Waals surface area contributed by atoms with E-state index in [0.717, 1.165) is 37.0 Å². The van der Waals surface area contributed by atoms with Gasteiger partial charge in [-0.15, -0.1) is 0 Å². The van der Waals surface area contributed by atoms with Gasteiger partial charge in [-0.3, -0.25) is 4.79 Å². The van der Waals surface area contributed by atoms with Gasteiger partial charge in [0.15, 0.2) is 0 Å². The second-order valence-corrected chi connectivity index (χ2v) is 4.54. The number of hydrogen-bond donors (Lipinski definition) is 0. The Morgan fingerprint density at radius 2 is 2.06 bits per heavy atom. The van der Waals surface area contributed by atoms with Crippen molar-refractivity contribution in [3.05, 3.63) is 23.8 Å². The molecular formula is C13H14O3. The Labute approximate surface area is 94.4 Å². The van der Waals surface area contributed by atoms with Crippen LogP contribution in [0, 0.1) is 0 Å². The first-order valence-electron chi connectivity index (χ1n) is 5.67. The van der Waals surface area contributed by atoms with E-state index in [9.17, 15) is 4.79 Å². The molecule has 3 heteroatoms. The van der Waals surface area contributed by atoms with Crippen molar-refractivity contribution in [2.24, 2.45) is 0 Å². The van der Waals surface area contributed by atoms with Crippen molar-refractivity contribution >= 4 is 5.97 Å². The van der Waals surface area contributed by atoms with Crippen LogP contribution in [0.15, 0.2) is 18.2 Å². The van der Waals surface area contributed by atoms with Crippen LogP contribution in [0.25, 0.3) is 0 Å². The number of fused-ring (bicyclic) bond motifs is 2. The lowest BCUT2D eigenvalue weighted by Crippen LogP contribution is -2.30. The van der Waals surface area contributed by atoms with Crippen LogP contribution < -0.4 is 9.47 Å². The van der Waals surface area contributed by atoms with Crippen LogP contribution in [-0.4, -0.2) is 13.1 Å². The minimum absolute atomic E-state index is 0.0757. The van der Waals surface area contributed by atoms with Crippen LogP contribution in [-0.2, 0) is 10.2 Å². The molecule has 84 valence electrons. The molecule has 1 aliphatic carbocycles. The summed E-state index contributed by atoms with van der Waals surface area (Å²) in [6.45, 7) is 0. The molecule has 3 nitrogen and oxygen atoms in total. The molecule has 1 saturated carbocycles. The zero-order chi connectivity index (χ0) is 11.2. The minimum Gasteiger partial charge on any atom is -0.497 e. The van der Waals surface area contributed by atoms with Crippen molar-refractivity contribution in [2.45, 2.75) is 31.1 Å². The Kier molecular flexibility index (Phi) is 1.96. The summed E-state index contributed by atoms with van der Waals surface area (Å²) in [5.74, 6) is 1.35. The first kappa shape index (κ1) is 9.70. The molecule has 1 heterocycles. The van der Waals surface area contributed by atoms with E-state index in [1.807, 2.05) is 12.1 Å². The molecule has 0 bridgehead atoms. The first-order valence-corrected chi connectivity index (χ1v) is 5.67. The number of esters is 1. The van der Waals surface area contributed by atoms with Gasteiger partial charge in [0.05, 0.1) is 12.5 Å². The van der Waals surface area contributed by atoms with E-state index in [2.05, 4.69) is 0 Å². The molecule has 1 aromatic rings. The van der Waals surface area contributed by atoms with Crippen molar-refractivity contribution in [3.8, 4) is 11.5 Å². The maximum atomic E-state index is 12.0. The van der Waals surface area contributed by atoms with Crippen LogP contribution in [0.4, 0.5) is 0 Å². The molecule has 2 aliphatic rings. The number of carbonyl (C=O) groups is 1. The highest BCUT2D eigenvalue weighted by Crippen LogP contribution is 2.50. The molecule has 1 aromatic carbocycles. The monoisotopic (exact) mass is 218 g/mol. The third kappa shape index (κ3) is 1.11. The van der Waals surface area contributed by atoms with Gasteiger partial charge in [-0.05, 0) is 18.9 Å². The van der Waals surface area contributed by atoms with Gasteiger partial charge >= 0.3 is 5.97 Å². The fourth-order valence-corrected chi connectivity index (χ4v) is 2.87. The van der Waals surface area contributed by atoms with Crippen LogP contribution in [0.3, 0.4) is 0 Å². The van der Waals surface area contributed by atoms with E-state index in [4.69, 9.17) is 9.47 Å². The van der Waals surface area contributed by atoms with E-state index in [1.54, 1.807) is 13.2 Å². The Morgan fingerprint density at radius 1 is 1.31 bits per heavy atom. The molecule has 0 aromatic heterocycles. The second-order valence-electron chi connectivity index (χ2n) is 4.54. The quantitative estimate of drug-likeness (QED) is 0.536. The molecule has 3 rings (SSSR count). The van der Waals surface area contributed by atoms with Crippen molar-refractivity contribution in [3.63, 3.8) is 0 Å². The number of hydrogen-bond acceptors (Lipinski definition) is 3. The van der Waals surface area contributed by atoms with Gasteiger partial charge < -0.3 is 9.47 Å². The lowest BCUT2D eigenvalue weighted by Gasteiger charge is -2.18. The predicted octanol–water partition coefficient (Wildman–Crippen LogP) is 2.43. The van der Waals surface area contributed by atoms with E-state index in [-0.39, 0.29) is 11.4 Å². The molecular weight excluding hydrogens is 204 g/mol. The smallest absolute Gasteiger partial charge is 0.322 e. The molecule has 0 atom stereocenters. The molecule has 1 aliphatic heterocycles. The summed E-state index contributed by atoms with van der Waals surface area (Å²) in [5.41, 5.74) is 0.706. The largest absolute Gasteiger partial charge is 0.497 e. The minimum atomic E-state index is -0.346. The van der Waals surface area contributed by atoms with Crippen LogP contribution in [0.2, 0.25) is 0 Å². The van der Waals surface area contributed by atoms with Gasteiger partial charge in [-0.25, -0.2) is 0 Å². The van der Waals surface area contributed by atoms with E-state index in [0.29, 0.717) is 5.75 Å². The fourth-order valence-electron chi connectivity index (χ4n) is 2.87. The molecule has 0 amide bonds. The van der Waals surface area contributed by atoms with Crippen molar-refractivity contribution in [1.29, 1.82) is 0 Å². The summed E-state index contributed by atoms with van der Waals surface area (Å²) in [4.78, 5) is 12.0. The van der Waals surface area contributed by atoms with Crippen LogP contribution >= 0.6 is 0 Å². The van der Waals surface area contributed by atoms with Crippen LogP contribution in [0.1, 0.15) is 31.2 Å². The molecule has 1 spiro atoms. The lowest BCUT2D eigenvalue weighted by atomic mass is 9.80. The number of ether oxygens (including phenoxy) is 2. The normalized spacial score (nSPS) is 20.9. The number of methoxy groups -OCH3 is 1. The SMILES string of the molecule is COc1ccc2c(c1)OC(=O)C21CCCC1. The maximum absolute atomic E-state index is 12.0. The standard InChI is InChI=1S/C13H14O3/c1-15-9-4-5-10-11(8-9)16-12(14)13(10)6-2-3-7-13/h4-5,8H,2-3,6-7H2,1H3. The zero-order valence-electron chi connectivity index (χ0n) is 9.29. The second kappa shape index (κ2) is 3.24. The number of benzene rings is 1. The molecule has 16 heavy (non-hydrogen) atoms. The molecule has 0 saturated heterocycles. The van der Waals surface area contributed by atoms with Gasteiger partial charge in [-0.1, -0.05) is 18.9 Å². The predicted molar refractivity (Wildman–Crippen MR) is 58.8 cm³/mol. The van der Waals surface area contributed by atoms with Gasteiger partial charge in [0, 0.05) is 11.6 Å². The van der Waals surface area contributed by atoms with Gasteiger partial charge in [0.2, 0.25) is 0 Å². The first-order chi connectivity index (χ1) is 7.76. The fraction of sp³-hybridized carbons (Fsp3) is 0.462. The number of carbonyl (C=O) groups excluding carboxylic acids is 1. The average molecular weight is 218 g/mol. The van der Waals surface area contributed by atoms with E-state index >= 15 is 0 Å². The van der Waals surface area contributed by atoms with Gasteiger partial charge in [0.1, 0.15) is 11.5 Å². The summed E-state index contributed by atoms with van der Waals surface area (Å²) in [5, 5.41) is 0. The Hall–Kier alpha value is -1.51. The van der Waals surface area contributed by atoms with Crippen molar-refractivity contribution in [2.75, 3.05) is 7.11 Å². The van der Waals surface area contributed by atoms with E-state index in [1.165, 1.54) is 0 Å². The number of rotatable bonds is 1. The topological polar surface area (TPSA) is 35.5 Å². The molecule has 0 N–H and O–H groups in total. The molecule has 0 radical (unpaired) electrons. The summed E-state index contributed by atoms with van der Waals surface area (Å²) in [6.07, 6.45) is 4.07. The lowest BCUT2D eigenvalue weighted by molar-refractivity contribution is -0.138. The summed E-state index contributed by atoms with van der Waals surface area (Å²) in [7, 11) is 1.61. The highest BCUT2D eigenvalue weighted by molar-refractivity contribution is 5.91. The average Bonchev–Trinajstić information content (AvgIpc) is 2.88. The Balaban J connectivity index is 2.11. The Bertz CT molecular complexity index is 444. The summed E-state index contributed by atoms with van der Waals surface area (Å²) in [6, 6.07) is 5.69. The molecule has 0 unspecified atom stereocenters. The van der Waals surface area contributed by atoms with E-state index < -0.39 is 0 Å². The Morgan fingerprint density at radius 3 is 2.75 bits per heavy atom. The van der Waals surface area contributed by atoms with Crippen molar-refractivity contribution < 1.29 is 14.3 Å².